The molecule has 35 heavy (non-hydrogen) atoms. The van der Waals surface area contributed by atoms with Gasteiger partial charge in [0.25, 0.3) is 11.6 Å². The van der Waals surface area contributed by atoms with Gasteiger partial charge >= 0.3 is 0 Å². The molecule has 8 nitrogen and oxygen atoms in total. The Kier molecular flexibility index (Phi) is 8.55. The smallest absolute Gasteiger partial charge is 0.271 e. The zero-order valence-electron chi connectivity index (χ0n) is 18.1. The molecule has 0 fully saturated rings. The number of non-ortho nitro benzene ring substituents is 1. The van der Waals surface area contributed by atoms with E-state index in [0.717, 1.165) is 11.6 Å². The van der Waals surface area contributed by atoms with E-state index in [1.165, 1.54) is 25.3 Å². The van der Waals surface area contributed by atoms with Crippen LogP contribution in [0.1, 0.15) is 11.1 Å². The lowest BCUT2D eigenvalue weighted by Gasteiger charge is -2.12. The minimum absolute atomic E-state index is 0.0335. The average molecular weight is 533 g/mol. The largest absolute Gasteiger partial charge is 0.493 e. The molecule has 11 heteroatoms. The highest BCUT2D eigenvalue weighted by Crippen LogP contribution is 2.31. The number of anilines is 1. The maximum Gasteiger partial charge on any atom is 0.271 e. The number of carbonyl (C=O) groups excluding carboxylic acids is 1. The third-order valence-corrected chi connectivity index (χ3v) is 5.57. The predicted molar refractivity (Wildman–Crippen MR) is 134 cm³/mol. The Labute approximate surface area is 215 Å². The number of nitro benzene ring substituents is 1. The lowest BCUT2D eigenvalue weighted by atomic mass is 10.1. The molecule has 0 aromatic heterocycles. The zero-order chi connectivity index (χ0) is 25.5. The second kappa shape index (κ2) is 11.6. The normalized spacial score (nSPS) is 10.9. The highest BCUT2D eigenvalue weighted by atomic mass is 35.5. The van der Waals surface area contributed by atoms with Gasteiger partial charge in [-0.1, -0.05) is 46.9 Å². The molecule has 3 aromatic carbocycles. The molecule has 0 spiro atoms. The summed E-state index contributed by atoms with van der Waals surface area (Å²) in [5.41, 5.74) is 0.918. The van der Waals surface area contributed by atoms with Gasteiger partial charge in [0.15, 0.2) is 11.5 Å². The summed E-state index contributed by atoms with van der Waals surface area (Å²) >= 11 is 18.1. The van der Waals surface area contributed by atoms with E-state index in [4.69, 9.17) is 44.3 Å². The van der Waals surface area contributed by atoms with Gasteiger partial charge in [-0.2, -0.15) is 5.26 Å². The molecule has 0 bridgehead atoms. The number of benzene rings is 3. The first kappa shape index (κ1) is 25.8. The van der Waals surface area contributed by atoms with Crippen LogP contribution in [-0.2, 0) is 11.4 Å². The summed E-state index contributed by atoms with van der Waals surface area (Å²) in [5.74, 6) is 0.0659. The second-order valence-electron chi connectivity index (χ2n) is 6.98. The van der Waals surface area contributed by atoms with E-state index in [0.29, 0.717) is 27.1 Å². The maximum atomic E-state index is 12.6. The molecule has 0 aliphatic carbocycles. The molecule has 178 valence electrons. The molecule has 0 saturated carbocycles. The minimum Gasteiger partial charge on any atom is -0.493 e. The van der Waals surface area contributed by atoms with Crippen molar-refractivity contribution in [3.8, 4) is 17.6 Å². The number of nitriles is 1. The monoisotopic (exact) mass is 531 g/mol. The van der Waals surface area contributed by atoms with Gasteiger partial charge in [-0.25, -0.2) is 0 Å². The van der Waals surface area contributed by atoms with Crippen molar-refractivity contribution >= 4 is 58.2 Å². The third kappa shape index (κ3) is 6.64. The van der Waals surface area contributed by atoms with Crippen LogP contribution in [0.3, 0.4) is 0 Å². The Morgan fingerprint density at radius 2 is 1.86 bits per heavy atom. The standard InChI is InChI=1S/C24H16Cl3N3O5/c1-34-23-9-14(2-7-22(23)35-13-15-3-4-17(25)10-19(15)26)8-16(12-28)24(31)29-21-6-5-18(30(32)33)11-20(21)27/h2-11H,13H2,1H3,(H,29,31)/b16-8+. The van der Waals surface area contributed by atoms with E-state index in [2.05, 4.69) is 5.32 Å². The summed E-state index contributed by atoms with van der Waals surface area (Å²) in [6.07, 6.45) is 1.36. The van der Waals surface area contributed by atoms with Crippen molar-refractivity contribution in [1.29, 1.82) is 5.26 Å². The number of methoxy groups -OCH3 is 1. The van der Waals surface area contributed by atoms with E-state index >= 15 is 0 Å². The summed E-state index contributed by atoms with van der Waals surface area (Å²) < 4.78 is 11.2. The van der Waals surface area contributed by atoms with E-state index in [-0.39, 0.29) is 28.6 Å². The summed E-state index contributed by atoms with van der Waals surface area (Å²) in [5, 5.41) is 23.7. The number of ether oxygens (including phenoxy) is 2. The van der Waals surface area contributed by atoms with Gasteiger partial charge in [-0.05, 0) is 42.0 Å². The first-order chi connectivity index (χ1) is 16.7. The Balaban J connectivity index is 1.77. The number of hydrogen-bond acceptors (Lipinski definition) is 6. The van der Waals surface area contributed by atoms with Crippen LogP contribution in [0.4, 0.5) is 11.4 Å². The van der Waals surface area contributed by atoms with Crippen LogP contribution < -0.4 is 14.8 Å². The number of carbonyl (C=O) groups is 1. The van der Waals surface area contributed by atoms with Crippen molar-refractivity contribution < 1.29 is 19.2 Å². The highest BCUT2D eigenvalue weighted by molar-refractivity contribution is 6.35. The highest BCUT2D eigenvalue weighted by Gasteiger charge is 2.15. The van der Waals surface area contributed by atoms with Crippen molar-refractivity contribution in [3.63, 3.8) is 0 Å². The van der Waals surface area contributed by atoms with E-state index in [1.54, 1.807) is 36.4 Å². The summed E-state index contributed by atoms with van der Waals surface area (Å²) in [6.45, 7) is 0.170. The average Bonchev–Trinajstić information content (AvgIpc) is 2.83. The fourth-order valence-electron chi connectivity index (χ4n) is 2.91. The molecule has 3 aromatic rings. The van der Waals surface area contributed by atoms with E-state index in [1.807, 2.05) is 6.07 Å². The molecular weight excluding hydrogens is 517 g/mol. The Morgan fingerprint density at radius 1 is 1.09 bits per heavy atom. The fraction of sp³-hybridized carbons (Fsp3) is 0.0833. The Bertz CT molecular complexity index is 1370. The molecule has 0 unspecified atom stereocenters. The van der Waals surface area contributed by atoms with Gasteiger partial charge in [-0.15, -0.1) is 0 Å². The van der Waals surface area contributed by atoms with Gasteiger partial charge in [0, 0.05) is 27.7 Å². The van der Waals surface area contributed by atoms with Crippen LogP contribution in [0.25, 0.3) is 6.08 Å². The number of nitrogens with one attached hydrogen (secondary N) is 1. The molecule has 0 atom stereocenters. The van der Waals surface area contributed by atoms with Crippen LogP contribution in [-0.4, -0.2) is 17.9 Å². The van der Waals surface area contributed by atoms with Crippen molar-refractivity contribution in [3.05, 3.63) is 96.5 Å². The molecule has 1 amide bonds. The summed E-state index contributed by atoms with van der Waals surface area (Å²) in [6, 6.07) is 15.4. The van der Waals surface area contributed by atoms with Crippen molar-refractivity contribution in [2.24, 2.45) is 0 Å². The first-order valence-electron chi connectivity index (χ1n) is 9.83. The number of nitrogens with zero attached hydrogens (tertiary/aromatic N) is 2. The first-order valence-corrected chi connectivity index (χ1v) is 11.0. The molecule has 0 saturated heterocycles. The Morgan fingerprint density at radius 3 is 2.49 bits per heavy atom. The molecule has 0 aliphatic rings. The summed E-state index contributed by atoms with van der Waals surface area (Å²) in [4.78, 5) is 22.8. The quantitative estimate of drug-likeness (QED) is 0.150. The number of halogens is 3. The van der Waals surface area contributed by atoms with Gasteiger partial charge in [-0.3, -0.25) is 14.9 Å². The number of amides is 1. The molecule has 0 heterocycles. The van der Waals surface area contributed by atoms with Crippen molar-refractivity contribution in [2.45, 2.75) is 6.61 Å². The van der Waals surface area contributed by atoms with Gasteiger partial charge in [0.2, 0.25) is 0 Å². The predicted octanol–water partition coefficient (Wildman–Crippen LogP) is 6.69. The van der Waals surface area contributed by atoms with Crippen LogP contribution in [0.5, 0.6) is 11.5 Å². The number of rotatable bonds is 8. The van der Waals surface area contributed by atoms with E-state index in [9.17, 15) is 20.2 Å². The van der Waals surface area contributed by atoms with Crippen molar-refractivity contribution in [2.75, 3.05) is 12.4 Å². The summed E-state index contributed by atoms with van der Waals surface area (Å²) in [7, 11) is 1.46. The van der Waals surface area contributed by atoms with Gasteiger partial charge in [0.1, 0.15) is 18.2 Å². The number of hydrogen-bond donors (Lipinski definition) is 1. The minimum atomic E-state index is -0.736. The second-order valence-corrected chi connectivity index (χ2v) is 8.23. The molecule has 0 aliphatic heterocycles. The van der Waals surface area contributed by atoms with Crippen LogP contribution in [0.15, 0.2) is 60.2 Å². The van der Waals surface area contributed by atoms with Gasteiger partial charge in [0.05, 0.1) is 22.7 Å². The molecule has 3 rings (SSSR count). The van der Waals surface area contributed by atoms with Gasteiger partial charge < -0.3 is 14.8 Å². The number of nitro groups is 1. The fourth-order valence-corrected chi connectivity index (χ4v) is 3.60. The van der Waals surface area contributed by atoms with Crippen LogP contribution in [0.2, 0.25) is 15.1 Å². The lowest BCUT2D eigenvalue weighted by molar-refractivity contribution is -0.384. The lowest BCUT2D eigenvalue weighted by Crippen LogP contribution is -2.13. The van der Waals surface area contributed by atoms with Crippen LogP contribution in [0, 0.1) is 21.4 Å². The molecule has 1 N–H and O–H groups in total. The van der Waals surface area contributed by atoms with Crippen LogP contribution >= 0.6 is 34.8 Å². The molecule has 0 radical (unpaired) electrons. The topological polar surface area (TPSA) is 114 Å². The molecular formula is C24H16Cl3N3O5. The zero-order valence-corrected chi connectivity index (χ0v) is 20.3. The van der Waals surface area contributed by atoms with E-state index < -0.39 is 10.8 Å². The van der Waals surface area contributed by atoms with Crippen molar-refractivity contribution in [1.82, 2.24) is 0 Å². The SMILES string of the molecule is COc1cc(/C=C(\C#N)C(=O)Nc2ccc([N+](=O)[O-])cc2Cl)ccc1OCc1ccc(Cl)cc1Cl. The Hall–Kier alpha value is -3.77. The third-order valence-electron chi connectivity index (χ3n) is 4.67. The maximum absolute atomic E-state index is 12.6.